The summed E-state index contributed by atoms with van der Waals surface area (Å²) in [4.78, 5) is 41.7. The van der Waals surface area contributed by atoms with E-state index in [9.17, 15) is 14.4 Å². The Morgan fingerprint density at radius 3 is 2.46 bits per heavy atom. The van der Waals surface area contributed by atoms with Crippen molar-refractivity contribution in [2.45, 2.75) is 51.9 Å². The molecule has 0 aliphatic rings. The lowest BCUT2D eigenvalue weighted by molar-refractivity contribution is -0.115. The minimum Gasteiger partial charge on any atom is -0.352 e. The highest BCUT2D eigenvalue weighted by Gasteiger charge is 2.19. The van der Waals surface area contributed by atoms with Gasteiger partial charge in [0.2, 0.25) is 11.7 Å². The van der Waals surface area contributed by atoms with Crippen LogP contribution in [0.15, 0.2) is 60.9 Å². The van der Waals surface area contributed by atoms with Crippen LogP contribution in [0.4, 0.5) is 5.69 Å². The van der Waals surface area contributed by atoms with Crippen LogP contribution in [0.25, 0.3) is 5.69 Å². The van der Waals surface area contributed by atoms with Gasteiger partial charge < -0.3 is 10.6 Å². The van der Waals surface area contributed by atoms with E-state index in [-0.39, 0.29) is 23.2 Å². The number of benzene rings is 2. The van der Waals surface area contributed by atoms with Gasteiger partial charge in [-0.3, -0.25) is 19.0 Å². The van der Waals surface area contributed by atoms with E-state index in [1.165, 1.54) is 37.9 Å². The lowest BCUT2D eigenvalue weighted by atomic mass is 10.1. The van der Waals surface area contributed by atoms with Crippen LogP contribution in [0.3, 0.4) is 0 Å². The molecule has 7 nitrogen and oxygen atoms in total. The van der Waals surface area contributed by atoms with Crippen molar-refractivity contribution in [1.29, 1.82) is 0 Å². The van der Waals surface area contributed by atoms with Crippen molar-refractivity contribution in [3.63, 3.8) is 0 Å². The number of nitrogens with one attached hydrogen (secondary N) is 2. The maximum Gasteiger partial charge on any atom is 0.251 e. The molecule has 0 aliphatic carbocycles. The molecule has 2 N–H and O–H groups in total. The number of aromatic nitrogens is 2. The Hall–Kier alpha value is -3.45. The molecule has 0 unspecified atom stereocenters. The third-order valence-corrected chi connectivity index (χ3v) is 5.88. The van der Waals surface area contributed by atoms with E-state index < -0.39 is 11.7 Å². The summed E-state index contributed by atoms with van der Waals surface area (Å²) in [5.74, 6) is -0.964. The SMILES string of the molecule is CCCCCCCCNC(=O)c1ccc(NC(=O)CC(=O)c2nccn2-c2ccccc2)c(Cl)c1. The number of para-hydroxylation sites is 1. The Balaban J connectivity index is 1.51. The first kappa shape index (κ1) is 26.2. The average Bonchev–Trinajstić information content (AvgIpc) is 3.35. The number of anilines is 1. The number of amides is 2. The van der Waals surface area contributed by atoms with Gasteiger partial charge in [0.1, 0.15) is 0 Å². The molecule has 3 rings (SSSR count). The summed E-state index contributed by atoms with van der Waals surface area (Å²) in [6.07, 6.45) is 9.71. The number of unbranched alkanes of at least 4 members (excludes halogenated alkanes) is 5. The Morgan fingerprint density at radius 2 is 1.71 bits per heavy atom. The number of rotatable bonds is 13. The Labute approximate surface area is 210 Å². The van der Waals surface area contributed by atoms with Gasteiger partial charge in [-0.05, 0) is 36.8 Å². The molecule has 1 aromatic heterocycles. The van der Waals surface area contributed by atoms with Crippen molar-refractivity contribution in [3.05, 3.63) is 77.3 Å². The fourth-order valence-corrected chi connectivity index (χ4v) is 3.92. The first-order chi connectivity index (χ1) is 17.0. The maximum atomic E-state index is 12.7. The summed E-state index contributed by atoms with van der Waals surface area (Å²) in [6.45, 7) is 2.80. The summed E-state index contributed by atoms with van der Waals surface area (Å²) < 4.78 is 1.64. The lowest BCUT2D eigenvalue weighted by Crippen LogP contribution is -2.24. The zero-order valence-electron chi connectivity index (χ0n) is 19.9. The second-order valence-electron chi connectivity index (χ2n) is 8.32. The molecular formula is C27H31ClN4O3. The third kappa shape index (κ3) is 7.79. The van der Waals surface area contributed by atoms with Gasteiger partial charge in [-0.2, -0.15) is 0 Å². The lowest BCUT2D eigenvalue weighted by Gasteiger charge is -2.10. The van der Waals surface area contributed by atoms with Crippen molar-refractivity contribution >= 4 is 34.9 Å². The number of halogens is 1. The first-order valence-corrected chi connectivity index (χ1v) is 12.4. The van der Waals surface area contributed by atoms with Gasteiger partial charge in [0.05, 0.1) is 17.1 Å². The number of nitrogens with zero attached hydrogens (tertiary/aromatic N) is 2. The number of carbonyl (C=O) groups excluding carboxylic acids is 3. The highest BCUT2D eigenvalue weighted by Crippen LogP contribution is 2.23. The molecule has 2 aromatic carbocycles. The molecule has 8 heteroatoms. The molecule has 0 aliphatic heterocycles. The van der Waals surface area contributed by atoms with Crippen molar-refractivity contribution in [2.75, 3.05) is 11.9 Å². The van der Waals surface area contributed by atoms with Crippen LogP contribution in [-0.2, 0) is 4.79 Å². The Bertz CT molecular complexity index is 1140. The molecule has 0 spiro atoms. The fraction of sp³-hybridized carbons (Fsp3) is 0.333. The van der Waals surface area contributed by atoms with E-state index in [4.69, 9.17) is 11.6 Å². The quantitative estimate of drug-likeness (QED) is 0.178. The Kier molecular flexibility index (Phi) is 10.0. The van der Waals surface area contributed by atoms with Gasteiger partial charge in [-0.1, -0.05) is 68.8 Å². The number of Topliss-reactive ketones (excluding diaryl/α,β-unsaturated/α-hetero) is 1. The largest absolute Gasteiger partial charge is 0.352 e. The third-order valence-electron chi connectivity index (χ3n) is 5.57. The summed E-state index contributed by atoms with van der Waals surface area (Å²) in [5, 5.41) is 5.77. The highest BCUT2D eigenvalue weighted by atomic mass is 35.5. The van der Waals surface area contributed by atoms with Crippen LogP contribution in [0.5, 0.6) is 0 Å². The molecule has 0 saturated carbocycles. The predicted octanol–water partition coefficient (Wildman–Crippen LogP) is 5.83. The van der Waals surface area contributed by atoms with Crippen LogP contribution >= 0.6 is 11.6 Å². The second-order valence-corrected chi connectivity index (χ2v) is 8.73. The summed E-state index contributed by atoms with van der Waals surface area (Å²) >= 11 is 6.30. The molecule has 184 valence electrons. The molecule has 35 heavy (non-hydrogen) atoms. The summed E-state index contributed by atoms with van der Waals surface area (Å²) in [6, 6.07) is 14.0. The number of imidazole rings is 1. The van der Waals surface area contributed by atoms with E-state index in [0.717, 1.165) is 18.5 Å². The van der Waals surface area contributed by atoms with Crippen LogP contribution < -0.4 is 10.6 Å². The van der Waals surface area contributed by atoms with Crippen LogP contribution in [-0.4, -0.2) is 33.7 Å². The van der Waals surface area contributed by atoms with Gasteiger partial charge in [0, 0.05) is 30.2 Å². The van der Waals surface area contributed by atoms with Crippen LogP contribution in [0, 0.1) is 0 Å². The second kappa shape index (κ2) is 13.4. The monoisotopic (exact) mass is 494 g/mol. The molecule has 0 bridgehead atoms. The zero-order valence-corrected chi connectivity index (χ0v) is 20.7. The van der Waals surface area contributed by atoms with E-state index in [1.807, 2.05) is 30.3 Å². The highest BCUT2D eigenvalue weighted by molar-refractivity contribution is 6.34. The molecular weight excluding hydrogens is 464 g/mol. The van der Waals surface area contributed by atoms with E-state index >= 15 is 0 Å². The van der Waals surface area contributed by atoms with Crippen molar-refractivity contribution in [3.8, 4) is 5.69 Å². The van der Waals surface area contributed by atoms with E-state index in [1.54, 1.807) is 22.9 Å². The molecule has 0 saturated heterocycles. The smallest absolute Gasteiger partial charge is 0.251 e. The first-order valence-electron chi connectivity index (χ1n) is 12.0. The molecule has 0 fully saturated rings. The number of ketones is 1. The molecule has 0 radical (unpaired) electrons. The maximum absolute atomic E-state index is 12.7. The van der Waals surface area contributed by atoms with E-state index in [2.05, 4.69) is 22.5 Å². The number of carbonyl (C=O) groups is 3. The summed E-state index contributed by atoms with van der Waals surface area (Å²) in [5.41, 5.74) is 1.53. The number of hydrogen-bond donors (Lipinski definition) is 2. The molecule has 2 amide bonds. The van der Waals surface area contributed by atoms with Crippen molar-refractivity contribution < 1.29 is 14.4 Å². The van der Waals surface area contributed by atoms with Crippen LogP contribution in [0.1, 0.15) is 72.8 Å². The van der Waals surface area contributed by atoms with Gasteiger partial charge in [-0.15, -0.1) is 0 Å². The van der Waals surface area contributed by atoms with Crippen molar-refractivity contribution in [1.82, 2.24) is 14.9 Å². The fourth-order valence-electron chi connectivity index (χ4n) is 3.69. The van der Waals surface area contributed by atoms with Gasteiger partial charge in [0.15, 0.2) is 5.82 Å². The topological polar surface area (TPSA) is 93.1 Å². The minimum absolute atomic E-state index is 0.176. The number of hydrogen-bond acceptors (Lipinski definition) is 4. The predicted molar refractivity (Wildman–Crippen MR) is 138 cm³/mol. The van der Waals surface area contributed by atoms with Crippen molar-refractivity contribution in [2.24, 2.45) is 0 Å². The molecule has 3 aromatic rings. The van der Waals surface area contributed by atoms with Gasteiger partial charge >= 0.3 is 0 Å². The van der Waals surface area contributed by atoms with Gasteiger partial charge in [0.25, 0.3) is 5.91 Å². The van der Waals surface area contributed by atoms with E-state index in [0.29, 0.717) is 17.8 Å². The molecule has 0 atom stereocenters. The average molecular weight is 495 g/mol. The van der Waals surface area contributed by atoms with Crippen LogP contribution in [0.2, 0.25) is 5.02 Å². The zero-order chi connectivity index (χ0) is 25.0. The Morgan fingerprint density at radius 1 is 0.971 bits per heavy atom. The normalized spacial score (nSPS) is 10.7. The summed E-state index contributed by atoms with van der Waals surface area (Å²) in [7, 11) is 0. The van der Waals surface area contributed by atoms with Gasteiger partial charge in [-0.25, -0.2) is 4.98 Å². The minimum atomic E-state index is -0.514. The molecule has 1 heterocycles. The standard InChI is InChI=1S/C27H31ClN4O3/c1-2-3-4-5-6-10-15-30-27(35)20-13-14-23(22(28)18-20)31-25(34)19-24(33)26-29-16-17-32(26)21-11-8-7-9-12-21/h7-9,11-14,16-18H,2-6,10,15,19H2,1H3,(H,30,35)(H,31,34).